The van der Waals surface area contributed by atoms with Crippen molar-refractivity contribution in [3.63, 3.8) is 0 Å². The van der Waals surface area contributed by atoms with E-state index in [-0.39, 0.29) is 0 Å². The molecule has 2 unspecified atom stereocenters. The molecular formula is C17H27NO3. The fourth-order valence-electron chi connectivity index (χ4n) is 3.31. The van der Waals surface area contributed by atoms with Crippen molar-refractivity contribution in [2.24, 2.45) is 11.8 Å². The Hall–Kier alpha value is -1.42. The molecule has 0 radical (unpaired) electrons. The van der Waals surface area contributed by atoms with Crippen LogP contribution in [0.2, 0.25) is 0 Å². The van der Waals surface area contributed by atoms with Crippen LogP contribution < -0.4 is 19.5 Å². The molecule has 1 aromatic rings. The van der Waals surface area contributed by atoms with Gasteiger partial charge in [-0.3, -0.25) is 0 Å². The molecule has 1 aromatic carbocycles. The first-order chi connectivity index (χ1) is 10.1. The number of rotatable bonds is 5. The van der Waals surface area contributed by atoms with E-state index in [0.29, 0.717) is 23.5 Å². The second-order valence-corrected chi connectivity index (χ2v) is 5.97. The maximum absolute atomic E-state index is 5.49. The number of piperidine rings is 1. The molecule has 1 saturated heterocycles. The maximum Gasteiger partial charge on any atom is 0.203 e. The van der Waals surface area contributed by atoms with Crippen molar-refractivity contribution < 1.29 is 14.2 Å². The predicted molar refractivity (Wildman–Crippen MR) is 84.7 cm³/mol. The molecule has 2 rings (SSSR count). The van der Waals surface area contributed by atoms with Crippen LogP contribution in [0.4, 0.5) is 0 Å². The first-order valence-corrected chi connectivity index (χ1v) is 7.63. The fraction of sp³-hybridized carbons (Fsp3) is 0.647. The average Bonchev–Trinajstić information content (AvgIpc) is 2.53. The van der Waals surface area contributed by atoms with Crippen LogP contribution in [0.25, 0.3) is 0 Å². The Morgan fingerprint density at radius 1 is 1.05 bits per heavy atom. The van der Waals surface area contributed by atoms with Gasteiger partial charge in [0.2, 0.25) is 5.75 Å². The van der Waals surface area contributed by atoms with Crippen molar-refractivity contribution in [2.45, 2.75) is 26.2 Å². The summed E-state index contributed by atoms with van der Waals surface area (Å²) in [5.41, 5.74) is 1.28. The lowest BCUT2D eigenvalue weighted by atomic mass is 9.75. The van der Waals surface area contributed by atoms with Crippen LogP contribution in [0.5, 0.6) is 17.2 Å². The second-order valence-electron chi connectivity index (χ2n) is 5.97. The summed E-state index contributed by atoms with van der Waals surface area (Å²) >= 11 is 0. The fourth-order valence-corrected chi connectivity index (χ4v) is 3.31. The van der Waals surface area contributed by atoms with Crippen molar-refractivity contribution >= 4 is 0 Å². The Bertz CT molecular complexity index is 448. The Balaban J connectivity index is 2.42. The first-order valence-electron chi connectivity index (χ1n) is 7.63. The lowest BCUT2D eigenvalue weighted by Crippen LogP contribution is -2.38. The summed E-state index contributed by atoms with van der Waals surface area (Å²) in [5, 5.41) is 3.51. The molecule has 0 aliphatic carbocycles. The molecular weight excluding hydrogens is 266 g/mol. The van der Waals surface area contributed by atoms with Gasteiger partial charge >= 0.3 is 0 Å². The van der Waals surface area contributed by atoms with Crippen molar-refractivity contribution in [1.82, 2.24) is 5.32 Å². The van der Waals surface area contributed by atoms with Gasteiger partial charge in [0.25, 0.3) is 0 Å². The predicted octanol–water partition coefficient (Wildman–Crippen LogP) is 3.06. The summed E-state index contributed by atoms with van der Waals surface area (Å²) in [6, 6.07) is 4.21. The third-order valence-corrected chi connectivity index (χ3v) is 4.50. The van der Waals surface area contributed by atoms with E-state index in [9.17, 15) is 0 Å². The molecule has 2 atom stereocenters. The van der Waals surface area contributed by atoms with Crippen LogP contribution in [0, 0.1) is 11.8 Å². The topological polar surface area (TPSA) is 39.7 Å². The van der Waals surface area contributed by atoms with Crippen LogP contribution in [0.3, 0.4) is 0 Å². The van der Waals surface area contributed by atoms with E-state index in [4.69, 9.17) is 14.2 Å². The lowest BCUT2D eigenvalue weighted by Gasteiger charge is -2.35. The Kier molecular flexibility index (Phi) is 5.34. The van der Waals surface area contributed by atoms with E-state index in [1.54, 1.807) is 21.3 Å². The summed E-state index contributed by atoms with van der Waals surface area (Å²) in [7, 11) is 4.98. The Labute approximate surface area is 127 Å². The minimum Gasteiger partial charge on any atom is -0.493 e. The van der Waals surface area contributed by atoms with Gasteiger partial charge in [0, 0.05) is 0 Å². The molecule has 118 valence electrons. The van der Waals surface area contributed by atoms with E-state index in [2.05, 4.69) is 31.3 Å². The third-order valence-electron chi connectivity index (χ3n) is 4.50. The Morgan fingerprint density at radius 3 is 2.14 bits per heavy atom. The largest absolute Gasteiger partial charge is 0.493 e. The number of ether oxygens (including phenoxy) is 3. The molecule has 21 heavy (non-hydrogen) atoms. The third kappa shape index (κ3) is 3.26. The number of hydrogen-bond donors (Lipinski definition) is 1. The van der Waals surface area contributed by atoms with Gasteiger partial charge in [0.1, 0.15) is 0 Å². The molecule has 1 aliphatic rings. The van der Waals surface area contributed by atoms with Crippen LogP contribution in [0.15, 0.2) is 12.1 Å². The molecule has 1 aliphatic heterocycles. The highest BCUT2D eigenvalue weighted by molar-refractivity contribution is 5.54. The maximum atomic E-state index is 5.49. The van der Waals surface area contributed by atoms with Crippen LogP contribution >= 0.6 is 0 Å². The molecule has 0 bridgehead atoms. The summed E-state index contributed by atoms with van der Waals surface area (Å²) in [6.45, 7) is 6.72. The van der Waals surface area contributed by atoms with Crippen molar-refractivity contribution in [1.29, 1.82) is 0 Å². The molecule has 1 heterocycles. The Morgan fingerprint density at radius 2 is 1.67 bits per heavy atom. The molecule has 0 aromatic heterocycles. The minimum absolute atomic E-state index is 0.528. The minimum atomic E-state index is 0.528. The van der Waals surface area contributed by atoms with Gasteiger partial charge in [-0.1, -0.05) is 13.8 Å². The lowest BCUT2D eigenvalue weighted by molar-refractivity contribution is 0.253. The van der Waals surface area contributed by atoms with Crippen LogP contribution in [-0.2, 0) is 0 Å². The van der Waals surface area contributed by atoms with Gasteiger partial charge in [0.05, 0.1) is 21.3 Å². The number of benzene rings is 1. The molecule has 4 heteroatoms. The van der Waals surface area contributed by atoms with E-state index in [0.717, 1.165) is 31.0 Å². The van der Waals surface area contributed by atoms with Crippen LogP contribution in [0.1, 0.15) is 31.7 Å². The monoisotopic (exact) mass is 293 g/mol. The standard InChI is InChI=1S/C17H27NO3/c1-11(2)14-10-18-7-6-13(14)12-8-15(19-3)17(21-5)16(9-12)20-4/h8-9,11,13-14,18H,6-7,10H2,1-5H3. The second kappa shape index (κ2) is 7.03. The summed E-state index contributed by atoms with van der Waals surface area (Å²) < 4.78 is 16.4. The van der Waals surface area contributed by atoms with Gasteiger partial charge in [0.15, 0.2) is 11.5 Å². The zero-order valence-electron chi connectivity index (χ0n) is 13.7. The molecule has 4 nitrogen and oxygen atoms in total. The normalized spacial score (nSPS) is 22.2. The highest BCUT2D eigenvalue weighted by Crippen LogP contribution is 2.43. The summed E-state index contributed by atoms with van der Waals surface area (Å²) in [6.07, 6.45) is 1.14. The quantitative estimate of drug-likeness (QED) is 0.905. The SMILES string of the molecule is COc1cc(C2CCNCC2C(C)C)cc(OC)c1OC. The van der Waals surface area contributed by atoms with E-state index < -0.39 is 0 Å². The number of nitrogens with one attached hydrogen (secondary N) is 1. The van der Waals surface area contributed by atoms with Crippen molar-refractivity contribution in [3.05, 3.63) is 17.7 Å². The van der Waals surface area contributed by atoms with E-state index in [1.165, 1.54) is 5.56 Å². The van der Waals surface area contributed by atoms with Crippen LogP contribution in [-0.4, -0.2) is 34.4 Å². The number of hydrogen-bond acceptors (Lipinski definition) is 4. The van der Waals surface area contributed by atoms with Gasteiger partial charge < -0.3 is 19.5 Å². The summed E-state index contributed by atoms with van der Waals surface area (Å²) in [5.74, 6) is 3.95. The zero-order valence-corrected chi connectivity index (χ0v) is 13.7. The molecule has 0 amide bonds. The van der Waals surface area contributed by atoms with Gasteiger partial charge in [-0.15, -0.1) is 0 Å². The van der Waals surface area contributed by atoms with Gasteiger partial charge in [-0.05, 0) is 55.0 Å². The highest BCUT2D eigenvalue weighted by Gasteiger charge is 2.30. The molecule has 0 spiro atoms. The first kappa shape index (κ1) is 16.0. The van der Waals surface area contributed by atoms with Gasteiger partial charge in [-0.2, -0.15) is 0 Å². The van der Waals surface area contributed by atoms with E-state index in [1.807, 2.05) is 0 Å². The smallest absolute Gasteiger partial charge is 0.203 e. The average molecular weight is 293 g/mol. The van der Waals surface area contributed by atoms with Crippen molar-refractivity contribution in [2.75, 3.05) is 34.4 Å². The van der Waals surface area contributed by atoms with E-state index >= 15 is 0 Å². The van der Waals surface area contributed by atoms with Gasteiger partial charge in [-0.25, -0.2) is 0 Å². The summed E-state index contributed by atoms with van der Waals surface area (Å²) in [4.78, 5) is 0. The number of methoxy groups -OCH3 is 3. The highest BCUT2D eigenvalue weighted by atomic mass is 16.5. The van der Waals surface area contributed by atoms with Crippen molar-refractivity contribution in [3.8, 4) is 17.2 Å². The zero-order chi connectivity index (χ0) is 15.4. The molecule has 0 saturated carbocycles. The molecule has 1 fully saturated rings. The molecule has 1 N–H and O–H groups in total.